The molecule has 2 rings (SSSR count). The lowest BCUT2D eigenvalue weighted by Gasteiger charge is -2.09. The molecule has 0 atom stereocenters. The molecule has 2 aromatic rings. The molecule has 0 saturated carbocycles. The van der Waals surface area contributed by atoms with Gasteiger partial charge in [0.2, 0.25) is 0 Å². The monoisotopic (exact) mass is 312 g/mol. The topological polar surface area (TPSA) is 60.3 Å². The Morgan fingerprint density at radius 3 is 2.27 bits per heavy atom. The molecular formula is C14H11F3N2O3. The normalized spacial score (nSPS) is 11.1. The number of nitrogens with one attached hydrogen (secondary N) is 1. The van der Waals surface area contributed by atoms with Crippen LogP contribution in [-0.4, -0.2) is 22.6 Å². The number of ether oxygens (including phenoxy) is 1. The number of halogens is 3. The molecule has 1 aromatic heterocycles. The van der Waals surface area contributed by atoms with Gasteiger partial charge >= 0.3 is 6.36 Å². The van der Waals surface area contributed by atoms with Gasteiger partial charge in [0.05, 0.1) is 5.69 Å². The minimum atomic E-state index is -4.78. The largest absolute Gasteiger partial charge is 0.573 e. The van der Waals surface area contributed by atoms with Crippen LogP contribution in [0, 0.1) is 0 Å². The summed E-state index contributed by atoms with van der Waals surface area (Å²) in [6.07, 6.45) is -3.17. The van der Waals surface area contributed by atoms with Gasteiger partial charge in [-0.05, 0) is 36.4 Å². The molecule has 1 N–H and O–H groups in total. The molecule has 0 bridgehead atoms. The van der Waals surface area contributed by atoms with Crippen LogP contribution < -0.4 is 10.1 Å². The van der Waals surface area contributed by atoms with Crippen LogP contribution in [0.5, 0.6) is 5.75 Å². The van der Waals surface area contributed by atoms with Crippen molar-refractivity contribution in [2.75, 3.05) is 5.32 Å². The van der Waals surface area contributed by atoms with Gasteiger partial charge in [0, 0.05) is 18.9 Å². The Morgan fingerprint density at radius 1 is 1.14 bits per heavy atom. The van der Waals surface area contributed by atoms with Crippen LogP contribution in [0.15, 0.2) is 42.6 Å². The number of hydrogen-bond donors (Lipinski definition) is 1. The van der Waals surface area contributed by atoms with Crippen molar-refractivity contribution in [2.24, 2.45) is 7.05 Å². The molecule has 1 amide bonds. The zero-order valence-electron chi connectivity index (χ0n) is 11.3. The Morgan fingerprint density at radius 2 is 1.77 bits per heavy atom. The second-order valence-corrected chi connectivity index (χ2v) is 4.36. The van der Waals surface area contributed by atoms with Crippen LogP contribution in [0.25, 0.3) is 0 Å². The smallest absolute Gasteiger partial charge is 0.406 e. The van der Waals surface area contributed by atoms with Gasteiger partial charge in [0.1, 0.15) is 5.75 Å². The molecule has 0 aliphatic heterocycles. The maximum absolute atomic E-state index is 12.0. The zero-order chi connectivity index (χ0) is 16.3. The average Bonchev–Trinajstić information content (AvgIpc) is 2.84. The lowest BCUT2D eigenvalue weighted by molar-refractivity contribution is -0.274. The summed E-state index contributed by atoms with van der Waals surface area (Å²) in [7, 11) is 1.61. The summed E-state index contributed by atoms with van der Waals surface area (Å²) < 4.78 is 41.2. The lowest BCUT2D eigenvalue weighted by Crippen LogP contribution is -2.24. The van der Waals surface area contributed by atoms with Crippen molar-refractivity contribution in [3.63, 3.8) is 0 Å². The van der Waals surface area contributed by atoms with E-state index in [-0.39, 0.29) is 11.4 Å². The number of hydrogen-bond acceptors (Lipinski definition) is 3. The van der Waals surface area contributed by atoms with E-state index < -0.39 is 23.8 Å². The van der Waals surface area contributed by atoms with Crippen molar-refractivity contribution in [3.05, 3.63) is 48.3 Å². The van der Waals surface area contributed by atoms with Crippen molar-refractivity contribution in [2.45, 2.75) is 6.36 Å². The van der Waals surface area contributed by atoms with E-state index >= 15 is 0 Å². The van der Waals surface area contributed by atoms with E-state index in [4.69, 9.17) is 0 Å². The molecule has 1 aromatic carbocycles. The number of aryl methyl sites for hydroxylation is 1. The van der Waals surface area contributed by atoms with Gasteiger partial charge < -0.3 is 14.6 Å². The molecule has 0 spiro atoms. The van der Waals surface area contributed by atoms with Gasteiger partial charge in [0.25, 0.3) is 11.7 Å². The minimum Gasteiger partial charge on any atom is -0.406 e. The summed E-state index contributed by atoms with van der Waals surface area (Å²) in [4.78, 5) is 23.7. The number of rotatable bonds is 4. The highest BCUT2D eigenvalue weighted by molar-refractivity contribution is 6.46. The second kappa shape index (κ2) is 5.92. The summed E-state index contributed by atoms with van der Waals surface area (Å²) in [6, 6.07) is 7.59. The molecule has 0 aliphatic carbocycles. The van der Waals surface area contributed by atoms with Crippen LogP contribution >= 0.6 is 0 Å². The summed E-state index contributed by atoms with van der Waals surface area (Å²) in [5, 5.41) is 2.31. The molecule has 116 valence electrons. The first kappa shape index (κ1) is 15.6. The van der Waals surface area contributed by atoms with E-state index in [1.807, 2.05) is 0 Å². The number of carbonyl (C=O) groups is 2. The number of anilines is 1. The Balaban J connectivity index is 2.03. The van der Waals surface area contributed by atoms with E-state index in [1.165, 1.54) is 22.8 Å². The molecule has 0 radical (unpaired) electrons. The molecule has 0 saturated heterocycles. The number of benzene rings is 1. The van der Waals surface area contributed by atoms with Crippen LogP contribution in [0.1, 0.15) is 10.5 Å². The van der Waals surface area contributed by atoms with Crippen molar-refractivity contribution in [1.82, 2.24) is 4.57 Å². The SMILES string of the molecule is Cn1cccc1C(=O)C(=O)Nc1ccc(OC(F)(F)F)cc1. The van der Waals surface area contributed by atoms with Crippen LogP contribution in [0.4, 0.5) is 18.9 Å². The Labute approximate surface area is 123 Å². The molecule has 0 unspecified atom stereocenters. The van der Waals surface area contributed by atoms with Gasteiger partial charge in [-0.1, -0.05) is 0 Å². The minimum absolute atomic E-state index is 0.182. The number of Topliss-reactive ketones (excluding diaryl/α,β-unsaturated/α-hetero) is 1. The highest BCUT2D eigenvalue weighted by atomic mass is 19.4. The van der Waals surface area contributed by atoms with E-state index in [2.05, 4.69) is 10.1 Å². The van der Waals surface area contributed by atoms with Gasteiger partial charge in [-0.3, -0.25) is 9.59 Å². The van der Waals surface area contributed by atoms with Gasteiger partial charge in [-0.15, -0.1) is 13.2 Å². The van der Waals surface area contributed by atoms with E-state index in [1.54, 1.807) is 19.3 Å². The lowest BCUT2D eigenvalue weighted by atomic mass is 10.2. The number of alkyl halides is 3. The molecule has 0 fully saturated rings. The Bertz CT molecular complexity index is 690. The molecule has 0 aliphatic rings. The summed E-state index contributed by atoms with van der Waals surface area (Å²) in [6.45, 7) is 0. The predicted octanol–water partition coefficient (Wildman–Crippen LogP) is 2.75. The fourth-order valence-corrected chi connectivity index (χ4v) is 1.74. The first-order valence-electron chi connectivity index (χ1n) is 6.09. The Hall–Kier alpha value is -2.77. The number of carbonyl (C=O) groups excluding carboxylic acids is 2. The molecule has 22 heavy (non-hydrogen) atoms. The van der Waals surface area contributed by atoms with Gasteiger partial charge in [-0.2, -0.15) is 0 Å². The third-order valence-electron chi connectivity index (χ3n) is 2.73. The maximum atomic E-state index is 12.0. The second-order valence-electron chi connectivity index (χ2n) is 4.36. The van der Waals surface area contributed by atoms with Crippen molar-refractivity contribution < 1.29 is 27.5 Å². The fraction of sp³-hybridized carbons (Fsp3) is 0.143. The summed E-state index contributed by atoms with van der Waals surface area (Å²) in [5.74, 6) is -2.05. The molecular weight excluding hydrogens is 301 g/mol. The van der Waals surface area contributed by atoms with Crippen LogP contribution in [0.2, 0.25) is 0 Å². The quantitative estimate of drug-likeness (QED) is 0.697. The Kier molecular flexibility index (Phi) is 4.20. The van der Waals surface area contributed by atoms with Crippen molar-refractivity contribution >= 4 is 17.4 Å². The highest BCUT2D eigenvalue weighted by Crippen LogP contribution is 2.24. The first-order valence-corrected chi connectivity index (χ1v) is 6.09. The predicted molar refractivity (Wildman–Crippen MR) is 71.5 cm³/mol. The number of amides is 1. The number of aromatic nitrogens is 1. The first-order chi connectivity index (χ1) is 10.3. The maximum Gasteiger partial charge on any atom is 0.573 e. The number of ketones is 1. The average molecular weight is 312 g/mol. The van der Waals surface area contributed by atoms with Crippen LogP contribution in [0.3, 0.4) is 0 Å². The van der Waals surface area contributed by atoms with Gasteiger partial charge in [-0.25, -0.2) is 0 Å². The third-order valence-corrected chi connectivity index (χ3v) is 2.73. The van der Waals surface area contributed by atoms with Crippen molar-refractivity contribution in [1.29, 1.82) is 0 Å². The summed E-state index contributed by atoms with van der Waals surface area (Å²) in [5.41, 5.74) is 0.386. The third kappa shape index (κ3) is 3.87. The van der Waals surface area contributed by atoms with E-state index in [9.17, 15) is 22.8 Å². The zero-order valence-corrected chi connectivity index (χ0v) is 11.3. The molecule has 5 nitrogen and oxygen atoms in total. The van der Waals surface area contributed by atoms with Gasteiger partial charge in [0.15, 0.2) is 0 Å². The summed E-state index contributed by atoms with van der Waals surface area (Å²) >= 11 is 0. The molecule has 8 heteroatoms. The highest BCUT2D eigenvalue weighted by Gasteiger charge is 2.31. The van der Waals surface area contributed by atoms with E-state index in [0.29, 0.717) is 0 Å². The van der Waals surface area contributed by atoms with E-state index in [0.717, 1.165) is 12.1 Å². The molecule has 1 heterocycles. The van der Waals surface area contributed by atoms with Crippen molar-refractivity contribution in [3.8, 4) is 5.75 Å². The van der Waals surface area contributed by atoms with Crippen LogP contribution in [-0.2, 0) is 11.8 Å². The fourth-order valence-electron chi connectivity index (χ4n) is 1.74. The standard InChI is InChI=1S/C14H11F3N2O3/c1-19-8-2-3-11(19)12(20)13(21)18-9-4-6-10(7-5-9)22-14(15,16)17/h2-8H,1H3,(H,18,21). The number of nitrogens with zero attached hydrogens (tertiary/aromatic N) is 1.